The van der Waals surface area contributed by atoms with Crippen LogP contribution in [0.5, 0.6) is 5.75 Å². The lowest BCUT2D eigenvalue weighted by molar-refractivity contribution is 0.0945. The molecule has 1 aromatic carbocycles. The molecule has 3 rings (SSSR count). The summed E-state index contributed by atoms with van der Waals surface area (Å²) in [5, 5.41) is 5.91. The number of carbonyl (C=O) groups is 1. The van der Waals surface area contributed by atoms with Crippen molar-refractivity contribution in [3.63, 3.8) is 0 Å². The number of hydrogen-bond acceptors (Lipinski definition) is 6. The van der Waals surface area contributed by atoms with E-state index in [1.165, 1.54) is 0 Å². The number of ether oxygens (including phenoxy) is 1. The van der Waals surface area contributed by atoms with Crippen molar-refractivity contribution < 1.29 is 9.53 Å². The fourth-order valence-electron chi connectivity index (χ4n) is 2.36. The molecule has 0 aliphatic rings. The Bertz CT molecular complexity index is 871. The van der Waals surface area contributed by atoms with Gasteiger partial charge in [-0.2, -0.15) is 0 Å². The number of benzene rings is 1. The van der Waals surface area contributed by atoms with Crippen molar-refractivity contribution in [3.8, 4) is 5.75 Å². The Labute approximate surface area is 151 Å². The molecular weight excluding hydrogens is 330 g/mol. The zero-order valence-electron chi connectivity index (χ0n) is 14.3. The number of carbonyl (C=O) groups excluding carboxylic acids is 1. The van der Waals surface area contributed by atoms with Gasteiger partial charge >= 0.3 is 0 Å². The highest BCUT2D eigenvalue weighted by Crippen LogP contribution is 2.18. The summed E-state index contributed by atoms with van der Waals surface area (Å²) in [6.07, 6.45) is 3.24. The number of hydrogen-bond donors (Lipinski definition) is 2. The van der Waals surface area contributed by atoms with Gasteiger partial charge in [-0.1, -0.05) is 24.3 Å². The minimum absolute atomic E-state index is 0.279. The van der Waals surface area contributed by atoms with Crippen LogP contribution in [0.2, 0.25) is 0 Å². The van der Waals surface area contributed by atoms with Gasteiger partial charge in [-0.3, -0.25) is 9.78 Å². The maximum absolute atomic E-state index is 12.3. The molecule has 0 aliphatic heterocycles. The van der Waals surface area contributed by atoms with Gasteiger partial charge in [0.05, 0.1) is 19.3 Å². The second-order valence-electron chi connectivity index (χ2n) is 5.43. The molecule has 1 amide bonds. The summed E-state index contributed by atoms with van der Waals surface area (Å²) in [6, 6.07) is 14.8. The highest BCUT2D eigenvalue weighted by atomic mass is 16.5. The number of anilines is 1. The zero-order chi connectivity index (χ0) is 18.2. The maximum atomic E-state index is 12.3. The van der Waals surface area contributed by atoms with Crippen LogP contribution in [0.25, 0.3) is 0 Å². The monoisotopic (exact) mass is 349 g/mol. The topological polar surface area (TPSA) is 89.0 Å². The first kappa shape index (κ1) is 17.3. The fraction of sp³-hybridized carbons (Fsp3) is 0.158. The highest BCUT2D eigenvalue weighted by molar-refractivity contribution is 5.92. The molecule has 26 heavy (non-hydrogen) atoms. The molecule has 0 bridgehead atoms. The predicted molar refractivity (Wildman–Crippen MR) is 97.8 cm³/mol. The van der Waals surface area contributed by atoms with E-state index in [1.54, 1.807) is 25.6 Å². The van der Waals surface area contributed by atoms with E-state index in [4.69, 9.17) is 4.74 Å². The molecule has 0 spiro atoms. The summed E-state index contributed by atoms with van der Waals surface area (Å²) < 4.78 is 5.32. The number of nitrogens with one attached hydrogen (secondary N) is 2. The third-order valence-corrected chi connectivity index (χ3v) is 3.67. The van der Waals surface area contributed by atoms with E-state index in [0.717, 1.165) is 17.0 Å². The van der Waals surface area contributed by atoms with Crippen molar-refractivity contribution in [3.05, 3.63) is 77.9 Å². The molecule has 2 aromatic heterocycles. The first-order valence-electron chi connectivity index (χ1n) is 8.13. The number of rotatable bonds is 7. The minimum Gasteiger partial charge on any atom is -0.496 e. The van der Waals surface area contributed by atoms with Crippen LogP contribution in [0.15, 0.2) is 60.9 Å². The molecule has 2 N–H and O–H groups in total. The third-order valence-electron chi connectivity index (χ3n) is 3.67. The average Bonchev–Trinajstić information content (AvgIpc) is 2.71. The Morgan fingerprint density at radius 2 is 1.85 bits per heavy atom. The Morgan fingerprint density at radius 1 is 1.00 bits per heavy atom. The number of nitrogens with zero attached hydrogens (tertiary/aromatic N) is 3. The number of aromatic nitrogens is 3. The molecule has 0 aliphatic carbocycles. The second-order valence-corrected chi connectivity index (χ2v) is 5.43. The molecule has 0 fully saturated rings. The van der Waals surface area contributed by atoms with Crippen LogP contribution < -0.4 is 15.4 Å². The van der Waals surface area contributed by atoms with Crippen LogP contribution in [0.1, 0.15) is 21.7 Å². The van der Waals surface area contributed by atoms with Crippen LogP contribution >= 0.6 is 0 Å². The summed E-state index contributed by atoms with van der Waals surface area (Å²) in [5.74, 6) is 0.879. The van der Waals surface area contributed by atoms with Crippen LogP contribution in [-0.4, -0.2) is 28.0 Å². The third kappa shape index (κ3) is 4.54. The number of methoxy groups -OCH3 is 1. The van der Waals surface area contributed by atoms with E-state index in [2.05, 4.69) is 25.6 Å². The maximum Gasteiger partial charge on any atom is 0.270 e. The van der Waals surface area contributed by atoms with Gasteiger partial charge in [0.2, 0.25) is 5.95 Å². The van der Waals surface area contributed by atoms with Gasteiger partial charge in [0.15, 0.2) is 0 Å². The van der Waals surface area contributed by atoms with Crippen molar-refractivity contribution in [2.24, 2.45) is 0 Å². The van der Waals surface area contributed by atoms with Crippen molar-refractivity contribution in [2.75, 3.05) is 12.4 Å². The van der Waals surface area contributed by atoms with Crippen LogP contribution in [0.4, 0.5) is 5.95 Å². The molecule has 7 heteroatoms. The van der Waals surface area contributed by atoms with Crippen molar-refractivity contribution >= 4 is 11.9 Å². The van der Waals surface area contributed by atoms with Gasteiger partial charge in [-0.25, -0.2) is 9.97 Å². The largest absolute Gasteiger partial charge is 0.496 e. The molecule has 7 nitrogen and oxygen atoms in total. The molecule has 0 saturated heterocycles. The summed E-state index contributed by atoms with van der Waals surface area (Å²) in [7, 11) is 1.63. The molecule has 0 unspecified atom stereocenters. The molecule has 0 saturated carbocycles. The van der Waals surface area contributed by atoms with Crippen molar-refractivity contribution in [1.82, 2.24) is 20.3 Å². The van der Waals surface area contributed by atoms with Gasteiger partial charge in [0, 0.05) is 24.5 Å². The summed E-state index contributed by atoms with van der Waals surface area (Å²) >= 11 is 0. The minimum atomic E-state index is -0.279. The van der Waals surface area contributed by atoms with Crippen LogP contribution in [0, 0.1) is 0 Å². The van der Waals surface area contributed by atoms with Gasteiger partial charge in [-0.15, -0.1) is 0 Å². The molecule has 3 aromatic rings. The zero-order valence-corrected chi connectivity index (χ0v) is 14.3. The van der Waals surface area contributed by atoms with E-state index in [1.807, 2.05) is 42.5 Å². The Morgan fingerprint density at radius 3 is 2.65 bits per heavy atom. The summed E-state index contributed by atoms with van der Waals surface area (Å²) in [6.45, 7) is 0.830. The van der Waals surface area contributed by atoms with E-state index in [0.29, 0.717) is 24.7 Å². The number of para-hydroxylation sites is 1. The molecule has 132 valence electrons. The van der Waals surface area contributed by atoms with Crippen LogP contribution in [-0.2, 0) is 13.1 Å². The Balaban J connectivity index is 1.61. The summed E-state index contributed by atoms with van der Waals surface area (Å²) in [5.41, 5.74) is 2.05. The SMILES string of the molecule is COc1ccccc1CNc1nccc(C(=O)NCc2ccccn2)n1. The predicted octanol–water partition coefficient (Wildman–Crippen LogP) is 2.42. The molecular formula is C19H19N5O2. The first-order valence-corrected chi connectivity index (χ1v) is 8.13. The summed E-state index contributed by atoms with van der Waals surface area (Å²) in [4.78, 5) is 24.9. The number of pyridine rings is 1. The van der Waals surface area contributed by atoms with Gasteiger partial charge in [0.25, 0.3) is 5.91 Å². The average molecular weight is 349 g/mol. The lowest BCUT2D eigenvalue weighted by Gasteiger charge is -2.10. The second kappa shape index (κ2) is 8.57. The van der Waals surface area contributed by atoms with E-state index in [-0.39, 0.29) is 5.91 Å². The van der Waals surface area contributed by atoms with E-state index >= 15 is 0 Å². The standard InChI is InChI=1S/C19H19N5O2/c1-26-17-8-3-2-6-14(17)12-23-19-21-11-9-16(24-19)18(25)22-13-15-7-4-5-10-20-15/h2-11H,12-13H2,1H3,(H,22,25)(H,21,23,24). The number of amides is 1. The van der Waals surface area contributed by atoms with Gasteiger partial charge < -0.3 is 15.4 Å². The Kier molecular flexibility index (Phi) is 5.72. The van der Waals surface area contributed by atoms with E-state index < -0.39 is 0 Å². The van der Waals surface area contributed by atoms with Crippen molar-refractivity contribution in [2.45, 2.75) is 13.1 Å². The van der Waals surface area contributed by atoms with E-state index in [9.17, 15) is 4.79 Å². The normalized spacial score (nSPS) is 10.2. The quantitative estimate of drug-likeness (QED) is 0.681. The van der Waals surface area contributed by atoms with Gasteiger partial charge in [0.1, 0.15) is 11.4 Å². The van der Waals surface area contributed by atoms with Crippen molar-refractivity contribution in [1.29, 1.82) is 0 Å². The lowest BCUT2D eigenvalue weighted by atomic mass is 10.2. The highest BCUT2D eigenvalue weighted by Gasteiger charge is 2.09. The fourth-order valence-corrected chi connectivity index (χ4v) is 2.36. The molecule has 2 heterocycles. The lowest BCUT2D eigenvalue weighted by Crippen LogP contribution is -2.24. The molecule has 0 radical (unpaired) electrons. The first-order chi connectivity index (χ1) is 12.8. The van der Waals surface area contributed by atoms with Crippen LogP contribution in [0.3, 0.4) is 0 Å². The van der Waals surface area contributed by atoms with Gasteiger partial charge in [-0.05, 0) is 24.3 Å². The molecule has 0 atom stereocenters. The smallest absolute Gasteiger partial charge is 0.270 e. The Hall–Kier alpha value is -3.48.